The lowest BCUT2D eigenvalue weighted by atomic mass is 9.93. The first-order valence-corrected chi connectivity index (χ1v) is 4.08. The van der Waals surface area contributed by atoms with Crippen LogP contribution in [0.15, 0.2) is 0 Å². The first kappa shape index (κ1) is 8.02. The van der Waals surface area contributed by atoms with E-state index in [1.54, 1.807) is 7.11 Å². The summed E-state index contributed by atoms with van der Waals surface area (Å²) in [4.78, 5) is 0. The highest BCUT2D eigenvalue weighted by molar-refractivity contribution is 4.79. The van der Waals surface area contributed by atoms with Gasteiger partial charge in [0.25, 0.3) is 0 Å². The second-order valence-corrected chi connectivity index (χ2v) is 2.95. The minimum absolute atomic E-state index is 0.457. The van der Waals surface area contributed by atoms with Crippen LogP contribution in [0.2, 0.25) is 0 Å². The largest absolute Gasteiger partial charge is 0.380 e. The van der Waals surface area contributed by atoms with Gasteiger partial charge in [0.15, 0.2) is 0 Å². The Labute approximate surface area is 63.0 Å². The second-order valence-electron chi connectivity index (χ2n) is 2.95. The molecular weight excluding hydrogens is 126 g/mol. The molecule has 0 aliphatic heterocycles. The molecule has 2 nitrogen and oxygen atoms in total. The summed E-state index contributed by atoms with van der Waals surface area (Å²) in [7, 11) is 3.82. The molecule has 1 fully saturated rings. The van der Waals surface area contributed by atoms with Crippen molar-refractivity contribution in [2.24, 2.45) is 0 Å². The molecule has 0 saturated heterocycles. The normalized spacial score (nSPS) is 34.2. The Hall–Kier alpha value is -0.0800. The maximum absolute atomic E-state index is 5.33. The number of likely N-dealkylation sites (N-methyl/N-ethyl adjacent to an activating group) is 1. The quantitative estimate of drug-likeness (QED) is 0.626. The summed E-state index contributed by atoms with van der Waals surface area (Å²) in [5, 5.41) is 3.28. The molecule has 1 saturated carbocycles. The predicted molar refractivity (Wildman–Crippen MR) is 42.1 cm³/mol. The van der Waals surface area contributed by atoms with Crippen molar-refractivity contribution >= 4 is 0 Å². The fourth-order valence-corrected chi connectivity index (χ4v) is 1.71. The van der Waals surface area contributed by atoms with Crippen molar-refractivity contribution in [3.05, 3.63) is 0 Å². The van der Waals surface area contributed by atoms with E-state index in [0.29, 0.717) is 12.1 Å². The summed E-state index contributed by atoms with van der Waals surface area (Å²) in [6, 6.07) is 0.596. The molecule has 0 aromatic rings. The predicted octanol–water partition coefficient (Wildman–Crippen LogP) is 1.16. The van der Waals surface area contributed by atoms with Crippen LogP contribution in [0, 0.1) is 0 Å². The number of nitrogens with one attached hydrogen (secondary N) is 1. The van der Waals surface area contributed by atoms with E-state index >= 15 is 0 Å². The Bertz CT molecular complexity index is 83.3. The van der Waals surface area contributed by atoms with E-state index in [4.69, 9.17) is 4.74 Å². The van der Waals surface area contributed by atoms with Gasteiger partial charge in [-0.1, -0.05) is 12.8 Å². The van der Waals surface area contributed by atoms with Gasteiger partial charge in [-0.15, -0.1) is 0 Å². The molecule has 0 spiro atoms. The van der Waals surface area contributed by atoms with E-state index in [9.17, 15) is 0 Å². The van der Waals surface area contributed by atoms with Gasteiger partial charge in [0.1, 0.15) is 0 Å². The van der Waals surface area contributed by atoms with Crippen molar-refractivity contribution in [1.82, 2.24) is 5.32 Å². The topological polar surface area (TPSA) is 21.3 Å². The Morgan fingerprint density at radius 2 is 2.00 bits per heavy atom. The third kappa shape index (κ3) is 1.70. The zero-order valence-corrected chi connectivity index (χ0v) is 6.89. The molecule has 0 aromatic heterocycles. The van der Waals surface area contributed by atoms with Crippen molar-refractivity contribution < 1.29 is 4.74 Å². The highest BCUT2D eigenvalue weighted by Gasteiger charge is 2.22. The van der Waals surface area contributed by atoms with E-state index in [1.165, 1.54) is 25.7 Å². The standard InChI is InChI=1S/C8H17NO/c1-9-7-5-3-4-6-8(7)10-2/h7-9H,3-6H2,1-2H3/t7-,8-/m1/s1. The monoisotopic (exact) mass is 143 g/mol. The van der Waals surface area contributed by atoms with E-state index in [2.05, 4.69) is 5.32 Å². The van der Waals surface area contributed by atoms with E-state index < -0.39 is 0 Å². The van der Waals surface area contributed by atoms with Crippen molar-refractivity contribution in [2.75, 3.05) is 14.2 Å². The molecule has 1 aliphatic rings. The van der Waals surface area contributed by atoms with Gasteiger partial charge < -0.3 is 10.1 Å². The third-order valence-corrected chi connectivity index (χ3v) is 2.38. The fourth-order valence-electron chi connectivity index (χ4n) is 1.71. The Balaban J connectivity index is 2.34. The molecule has 1 N–H and O–H groups in total. The average Bonchev–Trinajstić information content (AvgIpc) is 2.04. The van der Waals surface area contributed by atoms with E-state index in [-0.39, 0.29) is 0 Å². The Morgan fingerprint density at radius 1 is 1.30 bits per heavy atom. The first-order chi connectivity index (χ1) is 4.88. The minimum Gasteiger partial charge on any atom is -0.380 e. The summed E-state index contributed by atoms with van der Waals surface area (Å²) >= 11 is 0. The van der Waals surface area contributed by atoms with E-state index in [1.807, 2.05) is 7.05 Å². The molecule has 2 atom stereocenters. The number of hydrogen-bond acceptors (Lipinski definition) is 2. The van der Waals surface area contributed by atoms with Crippen LogP contribution >= 0.6 is 0 Å². The highest BCUT2D eigenvalue weighted by atomic mass is 16.5. The van der Waals surface area contributed by atoms with Crippen molar-refractivity contribution in [3.8, 4) is 0 Å². The van der Waals surface area contributed by atoms with Gasteiger partial charge in [-0.25, -0.2) is 0 Å². The van der Waals surface area contributed by atoms with Crippen molar-refractivity contribution in [3.63, 3.8) is 0 Å². The third-order valence-electron chi connectivity index (χ3n) is 2.38. The molecule has 2 heteroatoms. The van der Waals surface area contributed by atoms with Crippen LogP contribution in [0.25, 0.3) is 0 Å². The van der Waals surface area contributed by atoms with Crippen molar-refractivity contribution in [2.45, 2.75) is 37.8 Å². The van der Waals surface area contributed by atoms with Gasteiger partial charge in [-0.05, 0) is 19.9 Å². The average molecular weight is 143 g/mol. The number of rotatable bonds is 2. The van der Waals surface area contributed by atoms with Crippen LogP contribution in [0.4, 0.5) is 0 Å². The lowest BCUT2D eigenvalue weighted by Gasteiger charge is -2.29. The molecule has 0 amide bonds. The Kier molecular flexibility index (Phi) is 3.16. The number of methoxy groups -OCH3 is 1. The first-order valence-electron chi connectivity index (χ1n) is 4.08. The maximum Gasteiger partial charge on any atom is 0.0724 e. The van der Waals surface area contributed by atoms with Crippen LogP contribution in [0.1, 0.15) is 25.7 Å². The van der Waals surface area contributed by atoms with Gasteiger partial charge in [-0.3, -0.25) is 0 Å². The molecular formula is C8H17NO. The fraction of sp³-hybridized carbons (Fsp3) is 1.00. The van der Waals surface area contributed by atoms with Crippen LogP contribution in [0.5, 0.6) is 0 Å². The summed E-state index contributed by atoms with van der Waals surface area (Å²) in [6.07, 6.45) is 5.64. The number of ether oxygens (including phenoxy) is 1. The smallest absolute Gasteiger partial charge is 0.0724 e. The van der Waals surface area contributed by atoms with Gasteiger partial charge in [0.2, 0.25) is 0 Å². The molecule has 60 valence electrons. The lowest BCUT2D eigenvalue weighted by molar-refractivity contribution is 0.0445. The highest BCUT2D eigenvalue weighted by Crippen LogP contribution is 2.19. The summed E-state index contributed by atoms with van der Waals surface area (Å²) in [5.74, 6) is 0. The van der Waals surface area contributed by atoms with Gasteiger partial charge in [0, 0.05) is 13.2 Å². The van der Waals surface area contributed by atoms with Gasteiger partial charge in [0.05, 0.1) is 6.10 Å². The van der Waals surface area contributed by atoms with Crippen LogP contribution in [0.3, 0.4) is 0 Å². The van der Waals surface area contributed by atoms with Crippen LogP contribution in [-0.4, -0.2) is 26.3 Å². The molecule has 0 heterocycles. The molecule has 0 unspecified atom stereocenters. The van der Waals surface area contributed by atoms with Crippen molar-refractivity contribution in [1.29, 1.82) is 0 Å². The Morgan fingerprint density at radius 3 is 2.50 bits per heavy atom. The zero-order valence-electron chi connectivity index (χ0n) is 6.89. The number of hydrogen-bond donors (Lipinski definition) is 1. The lowest BCUT2D eigenvalue weighted by Crippen LogP contribution is -2.41. The summed E-state index contributed by atoms with van der Waals surface area (Å²) in [5.41, 5.74) is 0. The second kappa shape index (κ2) is 3.94. The zero-order chi connectivity index (χ0) is 7.40. The summed E-state index contributed by atoms with van der Waals surface area (Å²) in [6.45, 7) is 0. The van der Waals surface area contributed by atoms with E-state index in [0.717, 1.165) is 0 Å². The molecule has 1 aliphatic carbocycles. The molecule has 0 bridgehead atoms. The minimum atomic E-state index is 0.457. The SMILES string of the molecule is CN[C@@H]1CCCC[C@H]1OC. The van der Waals surface area contributed by atoms with Gasteiger partial charge in [-0.2, -0.15) is 0 Å². The molecule has 10 heavy (non-hydrogen) atoms. The van der Waals surface area contributed by atoms with Crippen LogP contribution in [-0.2, 0) is 4.74 Å². The molecule has 1 rings (SSSR count). The van der Waals surface area contributed by atoms with Crippen LogP contribution < -0.4 is 5.32 Å². The maximum atomic E-state index is 5.33. The molecule has 0 aromatic carbocycles. The van der Waals surface area contributed by atoms with Gasteiger partial charge >= 0.3 is 0 Å². The molecule has 0 radical (unpaired) electrons. The summed E-state index contributed by atoms with van der Waals surface area (Å²) < 4.78 is 5.33.